The normalized spacial score (nSPS) is 33.0. The molecule has 0 spiro atoms. The van der Waals surface area contributed by atoms with Crippen LogP contribution < -0.4 is 5.32 Å². The van der Waals surface area contributed by atoms with Gasteiger partial charge in [-0.25, -0.2) is 0 Å². The van der Waals surface area contributed by atoms with Crippen LogP contribution in [-0.2, 0) is 23.7 Å². The number of hydrogen-bond donors (Lipinski definition) is 2. The summed E-state index contributed by atoms with van der Waals surface area (Å²) in [5.74, 6) is -0.914. The zero-order valence-corrected chi connectivity index (χ0v) is 16.9. The van der Waals surface area contributed by atoms with Gasteiger partial charge in [0.1, 0.15) is 24.4 Å². The van der Waals surface area contributed by atoms with E-state index in [1.54, 1.807) is 0 Å². The fourth-order valence-electron chi connectivity index (χ4n) is 3.06. The lowest BCUT2D eigenvalue weighted by atomic mass is 9.95. The molecule has 2 aliphatic heterocycles. The second kappa shape index (κ2) is 9.28. The molecule has 28 heavy (non-hydrogen) atoms. The number of rotatable bonds is 5. The van der Waals surface area contributed by atoms with Gasteiger partial charge < -0.3 is 29.4 Å². The van der Waals surface area contributed by atoms with Crippen LogP contribution >= 0.6 is 34.8 Å². The second-order valence-electron chi connectivity index (χ2n) is 6.33. The van der Waals surface area contributed by atoms with E-state index in [0.29, 0.717) is 0 Å². The maximum atomic E-state index is 12.1. The van der Waals surface area contributed by atoms with E-state index in [2.05, 4.69) is 11.9 Å². The number of carbonyl (C=O) groups excluding carboxylic acids is 1. The lowest BCUT2D eigenvalue weighted by Gasteiger charge is -2.47. The molecule has 2 saturated heterocycles. The summed E-state index contributed by atoms with van der Waals surface area (Å²) in [6.07, 6.45) is -2.77. The second-order valence-corrected chi connectivity index (χ2v) is 8.61. The van der Waals surface area contributed by atoms with Crippen LogP contribution in [0.3, 0.4) is 0 Å². The molecule has 1 aromatic rings. The van der Waals surface area contributed by atoms with Gasteiger partial charge in [0.15, 0.2) is 12.6 Å². The summed E-state index contributed by atoms with van der Waals surface area (Å²) in [4.78, 5) is 12.1. The van der Waals surface area contributed by atoms with E-state index in [9.17, 15) is 9.90 Å². The van der Waals surface area contributed by atoms with Gasteiger partial charge in [0, 0.05) is 5.56 Å². The Bertz CT molecular complexity index is 686. The highest BCUT2D eigenvalue weighted by atomic mass is 35.6. The Balaban J connectivity index is 1.77. The Hall–Kier alpha value is -0.900. The van der Waals surface area contributed by atoms with Crippen LogP contribution in [0.1, 0.15) is 11.9 Å². The lowest BCUT2D eigenvalue weighted by Crippen LogP contribution is -2.67. The molecule has 1 unspecified atom stereocenters. The highest BCUT2D eigenvalue weighted by Gasteiger charge is 2.51. The maximum absolute atomic E-state index is 12.1. The van der Waals surface area contributed by atoms with E-state index in [1.165, 1.54) is 6.08 Å². The van der Waals surface area contributed by atoms with Crippen LogP contribution in [0.4, 0.5) is 0 Å². The average Bonchev–Trinajstić information content (AvgIpc) is 2.68. The molecule has 10 heteroatoms. The van der Waals surface area contributed by atoms with Crippen molar-refractivity contribution in [1.29, 1.82) is 0 Å². The van der Waals surface area contributed by atoms with E-state index in [1.807, 2.05) is 30.3 Å². The first-order chi connectivity index (χ1) is 13.3. The van der Waals surface area contributed by atoms with Gasteiger partial charge in [-0.15, -0.1) is 6.58 Å². The Morgan fingerprint density at radius 3 is 2.68 bits per heavy atom. The van der Waals surface area contributed by atoms with Crippen LogP contribution in [-0.4, -0.2) is 58.7 Å². The van der Waals surface area contributed by atoms with Crippen molar-refractivity contribution >= 4 is 40.7 Å². The molecule has 0 aliphatic carbocycles. The minimum absolute atomic E-state index is 0.128. The topological polar surface area (TPSA) is 86.2 Å². The summed E-state index contributed by atoms with van der Waals surface area (Å²) >= 11 is 16.9. The predicted octanol–water partition coefficient (Wildman–Crippen LogP) is 2.24. The molecule has 2 aliphatic rings. The zero-order chi connectivity index (χ0) is 20.3. The van der Waals surface area contributed by atoms with Gasteiger partial charge in [-0.05, 0) is 0 Å². The van der Waals surface area contributed by atoms with Crippen molar-refractivity contribution < 1.29 is 28.8 Å². The van der Waals surface area contributed by atoms with E-state index in [4.69, 9.17) is 53.8 Å². The number of benzene rings is 1. The molecule has 2 N–H and O–H groups in total. The third kappa shape index (κ3) is 4.98. The molecule has 0 bridgehead atoms. The molecule has 2 heterocycles. The van der Waals surface area contributed by atoms with Gasteiger partial charge >= 0.3 is 0 Å². The standard InChI is InChI=1S/C18H20Cl3NO6/c1-2-8-25-16-12(22-17(24)18(19,20)21)13(23)14-11(27-16)9-26-15(28-14)10-6-4-3-5-7-10/h2-7,11-16,23H,1,8-9H2,(H,22,24)/t11-,12-,13-,14-,15?,16+/m1/s1. The maximum Gasteiger partial charge on any atom is 0.272 e. The SMILES string of the molecule is C=CCO[C@H]1O[C@@H]2COC(c3ccccc3)O[C@H]2[C@H](O)[C@H]1NC(=O)C(Cl)(Cl)Cl. The molecule has 7 nitrogen and oxygen atoms in total. The van der Waals surface area contributed by atoms with Crippen molar-refractivity contribution in [3.05, 3.63) is 48.6 Å². The van der Waals surface area contributed by atoms with Crippen molar-refractivity contribution in [3.8, 4) is 0 Å². The van der Waals surface area contributed by atoms with Crippen LogP contribution in [0.5, 0.6) is 0 Å². The number of ether oxygens (including phenoxy) is 4. The zero-order valence-electron chi connectivity index (χ0n) is 14.7. The summed E-state index contributed by atoms with van der Waals surface area (Å²) in [6, 6.07) is 8.24. The van der Waals surface area contributed by atoms with E-state index in [0.717, 1.165) is 5.56 Å². The Labute approximate surface area is 177 Å². The van der Waals surface area contributed by atoms with Gasteiger partial charge in [0.25, 0.3) is 9.70 Å². The number of fused-ring (bicyclic) bond motifs is 1. The third-order valence-electron chi connectivity index (χ3n) is 4.37. The number of nitrogens with one attached hydrogen (secondary N) is 1. The van der Waals surface area contributed by atoms with Crippen molar-refractivity contribution in [1.82, 2.24) is 5.32 Å². The van der Waals surface area contributed by atoms with Gasteiger partial charge in [-0.1, -0.05) is 71.2 Å². The first-order valence-corrected chi connectivity index (χ1v) is 9.70. The molecule has 0 aromatic heterocycles. The highest BCUT2D eigenvalue weighted by Crippen LogP contribution is 2.35. The summed E-state index contributed by atoms with van der Waals surface area (Å²) < 4.78 is 20.8. The smallest absolute Gasteiger partial charge is 0.272 e. The summed E-state index contributed by atoms with van der Waals surface area (Å²) in [5.41, 5.74) is 0.792. The Kier molecular flexibility index (Phi) is 7.22. The average molecular weight is 453 g/mol. The summed E-state index contributed by atoms with van der Waals surface area (Å²) in [5, 5.41) is 13.4. The number of aliphatic hydroxyl groups is 1. The van der Waals surface area contributed by atoms with E-state index < -0.39 is 46.6 Å². The number of halogens is 3. The van der Waals surface area contributed by atoms with Crippen molar-refractivity contribution in [2.45, 2.75) is 40.7 Å². The number of hydrogen-bond acceptors (Lipinski definition) is 6. The number of carbonyl (C=O) groups is 1. The van der Waals surface area contributed by atoms with Crippen LogP contribution in [0.25, 0.3) is 0 Å². The highest BCUT2D eigenvalue weighted by molar-refractivity contribution is 6.76. The Morgan fingerprint density at radius 1 is 1.32 bits per heavy atom. The van der Waals surface area contributed by atoms with Gasteiger partial charge in [0.05, 0.1) is 13.2 Å². The fraction of sp³-hybridized carbons (Fsp3) is 0.500. The quantitative estimate of drug-likeness (QED) is 0.526. The van der Waals surface area contributed by atoms with Crippen molar-refractivity contribution in [3.63, 3.8) is 0 Å². The van der Waals surface area contributed by atoms with Gasteiger partial charge in [-0.3, -0.25) is 4.79 Å². The largest absolute Gasteiger partial charge is 0.388 e. The van der Waals surface area contributed by atoms with E-state index >= 15 is 0 Å². The fourth-order valence-corrected chi connectivity index (χ4v) is 3.23. The molecule has 0 saturated carbocycles. The summed E-state index contributed by atoms with van der Waals surface area (Å²) in [7, 11) is 0. The predicted molar refractivity (Wildman–Crippen MR) is 103 cm³/mol. The van der Waals surface area contributed by atoms with Crippen LogP contribution in [0, 0.1) is 0 Å². The first-order valence-electron chi connectivity index (χ1n) is 8.57. The monoisotopic (exact) mass is 451 g/mol. The molecule has 0 radical (unpaired) electrons. The molecular weight excluding hydrogens is 433 g/mol. The van der Waals surface area contributed by atoms with Crippen LogP contribution in [0.2, 0.25) is 0 Å². The molecule has 6 atom stereocenters. The molecule has 1 aromatic carbocycles. The van der Waals surface area contributed by atoms with Crippen LogP contribution in [0.15, 0.2) is 43.0 Å². The molecule has 3 rings (SSSR count). The number of alkyl halides is 3. The molecular formula is C18H20Cl3NO6. The van der Waals surface area contributed by atoms with Crippen molar-refractivity contribution in [2.24, 2.45) is 0 Å². The molecule has 154 valence electrons. The summed E-state index contributed by atoms with van der Waals surface area (Å²) in [6.45, 7) is 3.87. The third-order valence-corrected chi connectivity index (χ3v) is 4.89. The lowest BCUT2D eigenvalue weighted by molar-refractivity contribution is -0.343. The number of aliphatic hydroxyl groups excluding tert-OH is 1. The van der Waals surface area contributed by atoms with Gasteiger partial charge in [-0.2, -0.15) is 0 Å². The van der Waals surface area contributed by atoms with Gasteiger partial charge in [0.2, 0.25) is 0 Å². The van der Waals surface area contributed by atoms with Crippen molar-refractivity contribution in [2.75, 3.05) is 13.2 Å². The first kappa shape index (κ1) is 21.8. The number of amides is 1. The minimum atomic E-state index is -2.21. The molecule has 1 amide bonds. The van der Waals surface area contributed by atoms with E-state index in [-0.39, 0.29) is 13.2 Å². The molecule has 2 fully saturated rings. The minimum Gasteiger partial charge on any atom is -0.388 e. The Morgan fingerprint density at radius 2 is 2.04 bits per heavy atom.